The molecule has 0 fully saturated rings. The molecule has 0 saturated carbocycles. The molecular weight excluding hydrogens is 279 g/mol. The van der Waals surface area contributed by atoms with Gasteiger partial charge in [-0.1, -0.05) is 6.07 Å². The van der Waals surface area contributed by atoms with E-state index in [2.05, 4.69) is 0 Å². The molecule has 2 N–H and O–H groups in total. The Morgan fingerprint density at radius 1 is 1.55 bits per heavy atom. The van der Waals surface area contributed by atoms with Crippen molar-refractivity contribution in [2.45, 2.75) is 19.0 Å². The lowest BCUT2D eigenvalue weighted by Crippen LogP contribution is -2.41. The lowest BCUT2D eigenvalue weighted by Gasteiger charge is -2.21. The van der Waals surface area contributed by atoms with E-state index in [1.54, 1.807) is 30.9 Å². The smallest absolute Gasteiger partial charge is 0.239 e. The number of rotatable bonds is 7. The Morgan fingerprint density at radius 3 is 2.80 bits per heavy atom. The van der Waals surface area contributed by atoms with E-state index in [-0.39, 0.29) is 11.7 Å². The minimum atomic E-state index is -0.504. The molecule has 1 amide bonds. The zero-order valence-electron chi connectivity index (χ0n) is 12.1. The molecule has 0 saturated heterocycles. The fourth-order valence-electron chi connectivity index (χ4n) is 1.81. The largest absolute Gasteiger partial charge is 0.494 e. The van der Waals surface area contributed by atoms with Gasteiger partial charge < -0.3 is 15.4 Å². The number of thioether (sulfide) groups is 1. The summed E-state index contributed by atoms with van der Waals surface area (Å²) in [6.45, 7) is 0.326. The summed E-state index contributed by atoms with van der Waals surface area (Å²) in [7, 11) is 3.09. The van der Waals surface area contributed by atoms with Crippen LogP contribution in [0.3, 0.4) is 0 Å². The molecule has 0 aliphatic rings. The third-order valence-corrected chi connectivity index (χ3v) is 3.61. The molecule has 1 aromatic carbocycles. The normalized spacial score (nSPS) is 12.1. The van der Waals surface area contributed by atoms with Crippen molar-refractivity contribution in [3.05, 3.63) is 29.6 Å². The maximum atomic E-state index is 13.6. The van der Waals surface area contributed by atoms with Gasteiger partial charge in [-0.2, -0.15) is 11.8 Å². The summed E-state index contributed by atoms with van der Waals surface area (Å²) in [6.07, 6.45) is 2.61. The minimum absolute atomic E-state index is 0.129. The summed E-state index contributed by atoms with van der Waals surface area (Å²) in [5.74, 6) is 0.477. The molecule has 0 bridgehead atoms. The number of carbonyl (C=O) groups excluding carboxylic acids is 1. The Labute approximate surface area is 123 Å². The number of halogens is 1. The molecule has 1 rings (SSSR count). The Hall–Kier alpha value is -1.27. The van der Waals surface area contributed by atoms with Crippen LogP contribution in [-0.4, -0.2) is 43.0 Å². The van der Waals surface area contributed by atoms with Gasteiger partial charge in [-0.25, -0.2) is 4.39 Å². The zero-order chi connectivity index (χ0) is 15.1. The number of benzene rings is 1. The van der Waals surface area contributed by atoms with Gasteiger partial charge in [-0.3, -0.25) is 4.79 Å². The van der Waals surface area contributed by atoms with Crippen LogP contribution in [0.25, 0.3) is 0 Å². The molecule has 1 atom stereocenters. The number of methoxy groups -OCH3 is 1. The van der Waals surface area contributed by atoms with Crippen molar-refractivity contribution in [2.75, 3.05) is 26.2 Å². The molecule has 20 heavy (non-hydrogen) atoms. The molecule has 0 spiro atoms. The average molecular weight is 300 g/mol. The van der Waals surface area contributed by atoms with Crippen LogP contribution >= 0.6 is 11.8 Å². The van der Waals surface area contributed by atoms with Crippen LogP contribution in [0.15, 0.2) is 18.2 Å². The molecule has 6 heteroatoms. The van der Waals surface area contributed by atoms with Gasteiger partial charge in [-0.05, 0) is 36.1 Å². The fourth-order valence-corrected chi connectivity index (χ4v) is 2.30. The summed E-state index contributed by atoms with van der Waals surface area (Å²) in [6, 6.07) is 4.15. The van der Waals surface area contributed by atoms with E-state index in [4.69, 9.17) is 10.5 Å². The average Bonchev–Trinajstić information content (AvgIpc) is 2.44. The molecule has 0 aliphatic carbocycles. The Bertz CT molecular complexity index is 457. The lowest BCUT2D eigenvalue weighted by molar-refractivity contribution is -0.131. The summed E-state index contributed by atoms with van der Waals surface area (Å²) in [4.78, 5) is 13.6. The Morgan fingerprint density at radius 2 is 2.25 bits per heavy atom. The van der Waals surface area contributed by atoms with E-state index in [9.17, 15) is 9.18 Å². The third-order valence-electron chi connectivity index (χ3n) is 2.96. The maximum Gasteiger partial charge on any atom is 0.239 e. The molecule has 0 unspecified atom stereocenters. The van der Waals surface area contributed by atoms with E-state index in [1.807, 2.05) is 6.26 Å². The summed E-state index contributed by atoms with van der Waals surface area (Å²) in [5, 5.41) is 0. The molecule has 0 aromatic heterocycles. The number of carbonyl (C=O) groups is 1. The fraction of sp³-hybridized carbons (Fsp3) is 0.500. The van der Waals surface area contributed by atoms with Gasteiger partial charge in [0.1, 0.15) is 0 Å². The highest BCUT2D eigenvalue weighted by atomic mass is 32.2. The van der Waals surface area contributed by atoms with Crippen molar-refractivity contribution in [1.82, 2.24) is 4.90 Å². The van der Waals surface area contributed by atoms with Crippen LogP contribution in [-0.2, 0) is 11.3 Å². The number of hydrogen-bond acceptors (Lipinski definition) is 4. The van der Waals surface area contributed by atoms with Crippen LogP contribution in [0.5, 0.6) is 5.75 Å². The predicted molar refractivity (Wildman–Crippen MR) is 80.4 cm³/mol. The number of nitrogens with two attached hydrogens (primary N) is 1. The summed E-state index contributed by atoms with van der Waals surface area (Å²) < 4.78 is 18.4. The quantitative estimate of drug-likeness (QED) is 0.835. The van der Waals surface area contributed by atoms with Gasteiger partial charge in [0.15, 0.2) is 11.6 Å². The van der Waals surface area contributed by atoms with E-state index in [1.165, 1.54) is 18.1 Å². The highest BCUT2D eigenvalue weighted by Gasteiger charge is 2.18. The number of ether oxygens (including phenoxy) is 1. The lowest BCUT2D eigenvalue weighted by atomic mass is 10.1. The second-order valence-electron chi connectivity index (χ2n) is 4.55. The minimum Gasteiger partial charge on any atom is -0.494 e. The van der Waals surface area contributed by atoms with Crippen molar-refractivity contribution in [2.24, 2.45) is 5.73 Å². The van der Waals surface area contributed by atoms with Gasteiger partial charge in [0.25, 0.3) is 0 Å². The molecular formula is C14H21FN2O2S. The van der Waals surface area contributed by atoms with E-state index >= 15 is 0 Å². The van der Waals surface area contributed by atoms with Crippen molar-refractivity contribution >= 4 is 17.7 Å². The number of hydrogen-bond donors (Lipinski definition) is 1. The molecule has 112 valence electrons. The van der Waals surface area contributed by atoms with Crippen LogP contribution in [0.4, 0.5) is 4.39 Å². The highest BCUT2D eigenvalue weighted by Crippen LogP contribution is 2.18. The van der Waals surface area contributed by atoms with Gasteiger partial charge in [0.2, 0.25) is 5.91 Å². The maximum absolute atomic E-state index is 13.6. The molecule has 1 aromatic rings. The topological polar surface area (TPSA) is 55.6 Å². The van der Waals surface area contributed by atoms with Gasteiger partial charge >= 0.3 is 0 Å². The van der Waals surface area contributed by atoms with Gasteiger partial charge in [0, 0.05) is 13.6 Å². The summed E-state index contributed by atoms with van der Waals surface area (Å²) >= 11 is 1.65. The van der Waals surface area contributed by atoms with E-state index < -0.39 is 11.9 Å². The number of likely N-dealkylation sites (N-methyl/N-ethyl adjacent to an activating group) is 1. The second-order valence-corrected chi connectivity index (χ2v) is 5.54. The number of amides is 1. The molecule has 4 nitrogen and oxygen atoms in total. The predicted octanol–water partition coefficient (Wildman–Crippen LogP) is 1.87. The highest BCUT2D eigenvalue weighted by molar-refractivity contribution is 7.98. The van der Waals surface area contributed by atoms with Crippen molar-refractivity contribution in [3.8, 4) is 5.75 Å². The van der Waals surface area contributed by atoms with Gasteiger partial charge in [-0.15, -0.1) is 0 Å². The molecule has 0 aliphatic heterocycles. The Kier molecular flexibility index (Phi) is 6.81. The van der Waals surface area contributed by atoms with Crippen molar-refractivity contribution < 1.29 is 13.9 Å². The van der Waals surface area contributed by atoms with E-state index in [0.29, 0.717) is 18.5 Å². The first kappa shape index (κ1) is 16.8. The zero-order valence-corrected chi connectivity index (χ0v) is 12.9. The first-order valence-corrected chi connectivity index (χ1v) is 7.71. The molecule has 0 heterocycles. The first-order valence-electron chi connectivity index (χ1n) is 6.31. The van der Waals surface area contributed by atoms with Crippen molar-refractivity contribution in [3.63, 3.8) is 0 Å². The van der Waals surface area contributed by atoms with Crippen LogP contribution in [0.2, 0.25) is 0 Å². The SMILES string of the molecule is COc1ccc(CN(C)C(=O)[C@H](N)CCSC)cc1F. The molecule has 0 radical (unpaired) electrons. The second kappa shape index (κ2) is 8.11. The third kappa shape index (κ3) is 4.68. The van der Waals surface area contributed by atoms with Crippen LogP contribution < -0.4 is 10.5 Å². The number of nitrogens with zero attached hydrogens (tertiary/aromatic N) is 1. The monoisotopic (exact) mass is 300 g/mol. The summed E-state index contributed by atoms with van der Waals surface area (Å²) in [5.41, 5.74) is 6.54. The van der Waals surface area contributed by atoms with E-state index in [0.717, 1.165) is 5.75 Å². The first-order chi connectivity index (χ1) is 9.49. The van der Waals surface area contributed by atoms with Gasteiger partial charge in [0.05, 0.1) is 13.2 Å². The Balaban J connectivity index is 2.63. The van der Waals surface area contributed by atoms with Crippen molar-refractivity contribution in [1.29, 1.82) is 0 Å². The van der Waals surface area contributed by atoms with Crippen LogP contribution in [0.1, 0.15) is 12.0 Å². The van der Waals surface area contributed by atoms with Crippen LogP contribution in [0, 0.1) is 5.82 Å². The standard InChI is InChI=1S/C14H21FN2O2S/c1-17(14(18)12(16)6-7-20-3)9-10-4-5-13(19-2)11(15)8-10/h4-5,8,12H,6-7,9,16H2,1-3H3/t12-/m1/s1.